The first kappa shape index (κ1) is 15.6. The smallest absolute Gasteiger partial charge is 1.00 e. The first-order chi connectivity index (χ1) is 1.73. The van der Waals surface area contributed by atoms with E-state index in [9.17, 15) is 0 Å². The van der Waals surface area contributed by atoms with Gasteiger partial charge in [-0.25, -0.2) is 4.79 Å². The molecule has 0 unspecified atom stereocenters. The summed E-state index contributed by atoms with van der Waals surface area (Å²) in [5.41, 5.74) is 0. The number of rotatable bonds is 0. The number of carboxylic acid groups (broad SMARTS) is 2. The molecule has 0 saturated carbocycles. The van der Waals surface area contributed by atoms with E-state index < -0.39 is 6.16 Å². The Bertz CT molecular complexity index is 40.3. The van der Waals surface area contributed by atoms with Crippen LogP contribution in [0.25, 0.3) is 0 Å². The van der Waals surface area contributed by atoms with Crippen molar-refractivity contribution in [3.05, 3.63) is 0 Å². The topological polar surface area (TPSA) is 57.5 Å². The van der Waals surface area contributed by atoms with Crippen molar-refractivity contribution in [3.8, 4) is 0 Å². The summed E-state index contributed by atoms with van der Waals surface area (Å²) in [6.45, 7) is 0. The Kier molecular flexibility index (Phi) is 25.7. The zero-order chi connectivity index (χ0) is 3.58. The minimum Gasteiger partial charge on any atom is -1.00 e. The fourth-order valence-corrected chi connectivity index (χ4v) is 0. The summed E-state index contributed by atoms with van der Waals surface area (Å²) in [6.07, 6.45) is -1.83. The molecule has 5 heteroatoms. The van der Waals surface area contributed by atoms with Crippen molar-refractivity contribution in [2.75, 3.05) is 0 Å². The monoisotopic (exact) mass is 243 g/mol. The minimum atomic E-state index is -1.83. The average molecular weight is 243 g/mol. The van der Waals surface area contributed by atoms with Crippen molar-refractivity contribution in [1.29, 1.82) is 0 Å². The first-order valence-corrected chi connectivity index (χ1v) is 0.651. The molecule has 0 rings (SSSR count). The molecular formula is CH4CaLaO3. The van der Waals surface area contributed by atoms with E-state index in [2.05, 4.69) is 0 Å². The fraction of sp³-hybridized carbons (Fsp3) is 0. The Morgan fingerprint density at radius 1 is 1.50 bits per heavy atom. The molecule has 0 fully saturated rings. The van der Waals surface area contributed by atoms with Gasteiger partial charge in [-0.3, -0.25) is 0 Å². The molecule has 0 heterocycles. The summed E-state index contributed by atoms with van der Waals surface area (Å²) in [5.74, 6) is 0. The third-order valence-electron chi connectivity index (χ3n) is 0. The van der Waals surface area contributed by atoms with E-state index in [1.54, 1.807) is 0 Å². The summed E-state index contributed by atoms with van der Waals surface area (Å²) in [4.78, 5) is 8.56. The second kappa shape index (κ2) is 9.87. The normalized spacial score (nSPS) is 4.00. The molecule has 0 aromatic heterocycles. The quantitative estimate of drug-likeness (QED) is 0.592. The van der Waals surface area contributed by atoms with Crippen LogP contribution >= 0.6 is 0 Å². The Hall–Kier alpha value is 1.72. The molecule has 0 amide bonds. The number of hydrogen-bond donors (Lipinski definition) is 2. The predicted octanol–water partition coefficient (Wildman–Crippen LogP) is 0.0666. The van der Waals surface area contributed by atoms with Crippen molar-refractivity contribution in [3.63, 3.8) is 0 Å². The van der Waals surface area contributed by atoms with E-state index >= 15 is 0 Å². The molecule has 2 N–H and O–H groups in total. The third-order valence-corrected chi connectivity index (χ3v) is 0. The standard InChI is InChI=1S/CH2O3.Ca.La.2H/c2-1(3)4;;;;/h(H2,2,3,4);;;;/q;+2;;2*-1. The molecule has 0 bridgehead atoms. The molecule has 1 radical (unpaired) electrons. The van der Waals surface area contributed by atoms with Crippen molar-refractivity contribution >= 4 is 43.9 Å². The van der Waals surface area contributed by atoms with Gasteiger partial charge in [0, 0.05) is 35.6 Å². The van der Waals surface area contributed by atoms with Gasteiger partial charge in [0.2, 0.25) is 0 Å². The molecule has 0 aliphatic heterocycles. The molecule has 0 aromatic rings. The number of carbonyl (C=O) groups is 1. The van der Waals surface area contributed by atoms with Gasteiger partial charge in [0.05, 0.1) is 0 Å². The van der Waals surface area contributed by atoms with Crippen molar-refractivity contribution < 1.29 is 53.5 Å². The van der Waals surface area contributed by atoms with Gasteiger partial charge in [-0.2, -0.15) is 0 Å². The van der Waals surface area contributed by atoms with Crippen molar-refractivity contribution in [2.45, 2.75) is 0 Å². The van der Waals surface area contributed by atoms with Gasteiger partial charge < -0.3 is 13.1 Å². The van der Waals surface area contributed by atoms with Crippen molar-refractivity contribution in [2.24, 2.45) is 0 Å². The maximum atomic E-state index is 8.56. The summed E-state index contributed by atoms with van der Waals surface area (Å²) in [6, 6.07) is 0. The van der Waals surface area contributed by atoms with Crippen molar-refractivity contribution in [1.82, 2.24) is 0 Å². The average Bonchev–Trinajstić information content (AvgIpc) is 0.811. The van der Waals surface area contributed by atoms with E-state index in [1.165, 1.54) is 0 Å². The minimum absolute atomic E-state index is 0. The van der Waals surface area contributed by atoms with Gasteiger partial charge in [0.25, 0.3) is 0 Å². The van der Waals surface area contributed by atoms with E-state index in [1.807, 2.05) is 0 Å². The van der Waals surface area contributed by atoms with Crippen LogP contribution in [0.15, 0.2) is 0 Å². The molecule has 31 valence electrons. The van der Waals surface area contributed by atoms with E-state index in [0.717, 1.165) is 0 Å². The van der Waals surface area contributed by atoms with Gasteiger partial charge in [0.1, 0.15) is 0 Å². The van der Waals surface area contributed by atoms with Crippen LogP contribution in [0, 0.1) is 35.6 Å². The maximum Gasteiger partial charge on any atom is 2.00 e. The maximum absolute atomic E-state index is 8.56. The Balaban J connectivity index is -0.00000000750. The van der Waals surface area contributed by atoms with Gasteiger partial charge >= 0.3 is 43.9 Å². The van der Waals surface area contributed by atoms with Crippen LogP contribution in [0.1, 0.15) is 2.85 Å². The molecule has 0 aliphatic rings. The van der Waals surface area contributed by atoms with Crippen LogP contribution < -0.4 is 0 Å². The zero-order valence-corrected chi connectivity index (χ0v) is 8.92. The Labute approximate surface area is 95.7 Å². The summed E-state index contributed by atoms with van der Waals surface area (Å²) >= 11 is 0. The molecule has 0 atom stereocenters. The van der Waals surface area contributed by atoms with Crippen LogP contribution in [0.2, 0.25) is 0 Å². The summed E-state index contributed by atoms with van der Waals surface area (Å²) in [5, 5.41) is 13.9. The van der Waals surface area contributed by atoms with Gasteiger partial charge in [-0.1, -0.05) is 0 Å². The molecular weight excluding hydrogens is 239 g/mol. The van der Waals surface area contributed by atoms with Crippen LogP contribution in [0.3, 0.4) is 0 Å². The molecule has 0 aromatic carbocycles. The fourth-order valence-electron chi connectivity index (χ4n) is 0. The Morgan fingerprint density at radius 3 is 1.50 bits per heavy atom. The third kappa shape index (κ3) is 43.0. The van der Waals surface area contributed by atoms with Gasteiger partial charge in [-0.05, 0) is 0 Å². The van der Waals surface area contributed by atoms with Crippen LogP contribution in [-0.2, 0) is 0 Å². The number of hydrogen-bond acceptors (Lipinski definition) is 1. The van der Waals surface area contributed by atoms with Gasteiger partial charge in [-0.15, -0.1) is 0 Å². The summed E-state index contributed by atoms with van der Waals surface area (Å²) < 4.78 is 0. The largest absolute Gasteiger partial charge is 2.00 e. The predicted molar refractivity (Wildman–Crippen MR) is 18.6 cm³/mol. The molecule has 0 aliphatic carbocycles. The van der Waals surface area contributed by atoms with Crippen LogP contribution in [0.5, 0.6) is 0 Å². The van der Waals surface area contributed by atoms with E-state index in [-0.39, 0.29) is 76.2 Å². The summed E-state index contributed by atoms with van der Waals surface area (Å²) in [7, 11) is 0. The van der Waals surface area contributed by atoms with Gasteiger partial charge in [0.15, 0.2) is 0 Å². The second-order valence-electron chi connectivity index (χ2n) is 0.283. The second-order valence-corrected chi connectivity index (χ2v) is 0.283. The SMILES string of the molecule is O=C(O)O.[Ca+2].[H-].[H-].[La]. The molecule has 3 nitrogen and oxygen atoms in total. The van der Waals surface area contributed by atoms with E-state index in [0.29, 0.717) is 0 Å². The Morgan fingerprint density at radius 2 is 1.50 bits per heavy atom. The first-order valence-electron chi connectivity index (χ1n) is 0.651. The van der Waals surface area contributed by atoms with E-state index in [4.69, 9.17) is 15.0 Å². The molecule has 0 spiro atoms. The van der Waals surface area contributed by atoms with Crippen LogP contribution in [0.4, 0.5) is 4.79 Å². The molecule has 6 heavy (non-hydrogen) atoms. The zero-order valence-electron chi connectivity index (χ0n) is 5.09. The molecule has 0 saturated heterocycles. The van der Waals surface area contributed by atoms with Crippen LogP contribution in [-0.4, -0.2) is 54.1 Å².